The summed E-state index contributed by atoms with van der Waals surface area (Å²) in [7, 11) is -3.67. The highest BCUT2D eigenvalue weighted by atomic mass is 35.5. The first-order chi connectivity index (χ1) is 11.0. The molecule has 0 spiro atoms. The van der Waals surface area contributed by atoms with Crippen LogP contribution in [0.5, 0.6) is 0 Å². The number of thiophene rings is 1. The largest absolute Gasteiger partial charge is 0.273 e. The monoisotopic (exact) mass is 388 g/mol. The third-order valence-corrected chi connectivity index (χ3v) is 6.34. The van der Waals surface area contributed by atoms with Gasteiger partial charge in [-0.1, -0.05) is 35.3 Å². The van der Waals surface area contributed by atoms with Gasteiger partial charge < -0.3 is 0 Å². The Morgan fingerprint density at radius 2 is 1.91 bits per heavy atom. The van der Waals surface area contributed by atoms with Crippen molar-refractivity contribution in [3.8, 4) is 0 Å². The molecule has 0 saturated heterocycles. The highest BCUT2D eigenvalue weighted by Gasteiger charge is 2.17. The number of nitrogens with zero attached hydrogens (tertiary/aromatic N) is 3. The second-order valence-corrected chi connectivity index (χ2v) is 8.17. The average molecular weight is 389 g/mol. The Balaban J connectivity index is 1.79. The van der Waals surface area contributed by atoms with Gasteiger partial charge in [-0.05, 0) is 23.6 Å². The van der Waals surface area contributed by atoms with Crippen molar-refractivity contribution in [1.82, 2.24) is 14.8 Å². The van der Waals surface area contributed by atoms with Crippen molar-refractivity contribution in [2.45, 2.75) is 10.8 Å². The zero-order chi connectivity index (χ0) is 16.4. The van der Waals surface area contributed by atoms with Crippen molar-refractivity contribution in [1.29, 1.82) is 0 Å². The molecule has 0 radical (unpaired) electrons. The quantitative estimate of drug-likeness (QED) is 0.725. The van der Waals surface area contributed by atoms with Crippen LogP contribution in [-0.4, -0.2) is 23.2 Å². The first kappa shape index (κ1) is 16.3. The number of nitrogens with one attached hydrogen (secondary N) is 1. The number of anilines is 1. The van der Waals surface area contributed by atoms with Crippen LogP contribution in [-0.2, 0) is 16.6 Å². The summed E-state index contributed by atoms with van der Waals surface area (Å²) in [5, 5.41) is 6.78. The molecule has 3 rings (SSSR count). The molecule has 2 heterocycles. The molecule has 0 fully saturated rings. The Morgan fingerprint density at radius 3 is 2.57 bits per heavy atom. The summed E-state index contributed by atoms with van der Waals surface area (Å²) in [6.45, 7) is 0.284. The Morgan fingerprint density at radius 1 is 1.17 bits per heavy atom. The maximum Gasteiger partial charge on any atom is 0.273 e. The van der Waals surface area contributed by atoms with Crippen LogP contribution in [0.1, 0.15) is 5.56 Å². The maximum absolute atomic E-state index is 12.1. The second-order valence-electron chi connectivity index (χ2n) is 4.50. The second kappa shape index (κ2) is 6.48. The number of benzene rings is 1. The molecule has 2 aromatic heterocycles. The summed E-state index contributed by atoms with van der Waals surface area (Å²) >= 11 is 13.3. The molecule has 0 atom stereocenters. The van der Waals surface area contributed by atoms with Gasteiger partial charge in [0.1, 0.15) is 10.5 Å². The molecular weight excluding hydrogens is 379 g/mol. The van der Waals surface area contributed by atoms with Gasteiger partial charge in [0.15, 0.2) is 0 Å². The molecule has 120 valence electrons. The van der Waals surface area contributed by atoms with Crippen molar-refractivity contribution >= 4 is 50.5 Å². The third kappa shape index (κ3) is 3.66. The van der Waals surface area contributed by atoms with E-state index >= 15 is 0 Å². The smallest absolute Gasteiger partial charge is 0.246 e. The van der Waals surface area contributed by atoms with Crippen LogP contribution in [0, 0.1) is 0 Å². The van der Waals surface area contributed by atoms with Crippen LogP contribution in [0.3, 0.4) is 0 Å². The number of hydrogen-bond acceptors (Lipinski definition) is 5. The fraction of sp³-hybridized carbons (Fsp3) is 0.0769. The summed E-state index contributed by atoms with van der Waals surface area (Å²) in [6, 6.07) is 8.36. The molecule has 0 aliphatic carbocycles. The molecule has 0 amide bonds. The van der Waals surface area contributed by atoms with Gasteiger partial charge in [-0.2, -0.15) is 4.98 Å². The fourth-order valence-electron chi connectivity index (χ4n) is 1.85. The van der Waals surface area contributed by atoms with E-state index in [1.807, 2.05) is 0 Å². The zero-order valence-corrected chi connectivity index (χ0v) is 14.6. The average Bonchev–Trinajstić information content (AvgIpc) is 3.14. The number of hydrogen-bond donors (Lipinski definition) is 1. The molecule has 1 aromatic carbocycles. The fourth-order valence-corrected chi connectivity index (χ4v) is 4.31. The minimum Gasteiger partial charge on any atom is -0.246 e. The van der Waals surface area contributed by atoms with E-state index in [0.29, 0.717) is 15.6 Å². The van der Waals surface area contributed by atoms with Gasteiger partial charge in [0.05, 0.1) is 6.54 Å². The van der Waals surface area contributed by atoms with Gasteiger partial charge in [0, 0.05) is 15.6 Å². The minimum absolute atomic E-state index is 0.0124. The van der Waals surface area contributed by atoms with Gasteiger partial charge in [0.2, 0.25) is 0 Å². The van der Waals surface area contributed by atoms with Crippen molar-refractivity contribution in [3.63, 3.8) is 0 Å². The number of sulfonamides is 1. The SMILES string of the molecule is O=S(=O)(Nc1ncn(Cc2c(Cl)cccc2Cl)n1)c1cccs1. The maximum atomic E-state index is 12.1. The van der Waals surface area contributed by atoms with Crippen LogP contribution in [0.2, 0.25) is 10.0 Å². The molecule has 6 nitrogen and oxygen atoms in total. The Kier molecular flexibility index (Phi) is 4.58. The van der Waals surface area contributed by atoms with Gasteiger partial charge in [0.25, 0.3) is 16.0 Å². The van der Waals surface area contributed by atoms with Gasteiger partial charge in [-0.25, -0.2) is 17.8 Å². The third-order valence-electron chi connectivity index (χ3n) is 2.90. The van der Waals surface area contributed by atoms with E-state index in [-0.39, 0.29) is 16.7 Å². The molecule has 1 N–H and O–H groups in total. The summed E-state index contributed by atoms with van der Waals surface area (Å²) < 4.78 is 28.2. The Bertz CT molecular complexity index is 903. The highest BCUT2D eigenvalue weighted by molar-refractivity contribution is 7.94. The molecule has 0 unspecified atom stereocenters. The molecule has 0 aliphatic heterocycles. The Hall–Kier alpha value is -1.61. The van der Waals surface area contributed by atoms with Crippen LogP contribution < -0.4 is 4.72 Å². The van der Waals surface area contributed by atoms with Crippen molar-refractivity contribution in [2.75, 3.05) is 4.72 Å². The first-order valence-corrected chi connectivity index (χ1v) is 9.46. The number of aromatic nitrogens is 3. The molecular formula is C13H10Cl2N4O2S2. The molecule has 23 heavy (non-hydrogen) atoms. The summed E-state index contributed by atoms with van der Waals surface area (Å²) in [5.41, 5.74) is 0.688. The highest BCUT2D eigenvalue weighted by Crippen LogP contribution is 2.25. The van der Waals surface area contributed by atoms with E-state index < -0.39 is 10.0 Å². The predicted octanol–water partition coefficient (Wildman–Crippen LogP) is 3.50. The van der Waals surface area contributed by atoms with E-state index in [2.05, 4.69) is 14.8 Å². The standard InChI is InChI=1S/C13H10Cl2N4O2S2/c14-10-3-1-4-11(15)9(10)7-19-8-16-13(17-19)18-23(20,21)12-5-2-6-22-12/h1-6,8H,7H2,(H,17,18). The Labute approximate surface area is 146 Å². The predicted molar refractivity (Wildman–Crippen MR) is 90.7 cm³/mol. The van der Waals surface area contributed by atoms with E-state index in [1.165, 1.54) is 17.1 Å². The van der Waals surface area contributed by atoms with Crippen LogP contribution in [0.4, 0.5) is 5.95 Å². The van der Waals surface area contributed by atoms with E-state index in [0.717, 1.165) is 11.3 Å². The minimum atomic E-state index is -3.67. The first-order valence-electron chi connectivity index (χ1n) is 6.34. The van der Waals surface area contributed by atoms with Crippen LogP contribution in [0.25, 0.3) is 0 Å². The van der Waals surface area contributed by atoms with E-state index in [4.69, 9.17) is 23.2 Å². The lowest BCUT2D eigenvalue weighted by Crippen LogP contribution is -2.13. The molecule has 0 saturated carbocycles. The van der Waals surface area contributed by atoms with Gasteiger partial charge in [-0.15, -0.1) is 16.4 Å². The topological polar surface area (TPSA) is 76.9 Å². The zero-order valence-electron chi connectivity index (χ0n) is 11.5. The molecule has 0 aliphatic rings. The van der Waals surface area contributed by atoms with Gasteiger partial charge in [-0.3, -0.25) is 0 Å². The summed E-state index contributed by atoms with van der Waals surface area (Å²) in [4.78, 5) is 3.95. The van der Waals surface area contributed by atoms with Crippen LogP contribution >= 0.6 is 34.5 Å². The molecule has 3 aromatic rings. The lowest BCUT2D eigenvalue weighted by Gasteiger charge is -2.06. The lowest BCUT2D eigenvalue weighted by molar-refractivity contribution is 0.602. The van der Waals surface area contributed by atoms with Crippen molar-refractivity contribution in [2.24, 2.45) is 0 Å². The van der Waals surface area contributed by atoms with Crippen LogP contribution in [0.15, 0.2) is 46.2 Å². The lowest BCUT2D eigenvalue weighted by atomic mass is 10.2. The van der Waals surface area contributed by atoms with Gasteiger partial charge >= 0.3 is 0 Å². The number of halogens is 2. The van der Waals surface area contributed by atoms with Crippen molar-refractivity contribution < 1.29 is 8.42 Å². The number of rotatable bonds is 5. The van der Waals surface area contributed by atoms with E-state index in [9.17, 15) is 8.42 Å². The molecule has 0 bridgehead atoms. The summed E-state index contributed by atoms with van der Waals surface area (Å²) in [5.74, 6) is -0.0124. The van der Waals surface area contributed by atoms with E-state index in [1.54, 1.807) is 29.6 Å². The summed E-state index contributed by atoms with van der Waals surface area (Å²) in [6.07, 6.45) is 1.41. The molecule has 10 heteroatoms. The normalized spacial score (nSPS) is 11.6. The van der Waals surface area contributed by atoms with Crippen molar-refractivity contribution in [3.05, 3.63) is 57.6 Å².